The molecule has 1 amide bonds. The van der Waals surface area contributed by atoms with Gasteiger partial charge in [-0.3, -0.25) is 4.79 Å². The lowest BCUT2D eigenvalue weighted by molar-refractivity contribution is -0.126. The summed E-state index contributed by atoms with van der Waals surface area (Å²) in [7, 11) is 0. The molecule has 0 fully saturated rings. The first-order valence-electron chi connectivity index (χ1n) is 6.10. The minimum absolute atomic E-state index is 0.138. The molecule has 20 heavy (non-hydrogen) atoms. The van der Waals surface area contributed by atoms with Crippen LogP contribution in [0.25, 0.3) is 0 Å². The van der Waals surface area contributed by atoms with Crippen LogP contribution in [0, 0.1) is 5.41 Å². The molecule has 1 aliphatic heterocycles. The van der Waals surface area contributed by atoms with Gasteiger partial charge in [0, 0.05) is 6.54 Å². The summed E-state index contributed by atoms with van der Waals surface area (Å²) in [6, 6.07) is 5.43. The van der Waals surface area contributed by atoms with Crippen molar-refractivity contribution in [3.63, 3.8) is 0 Å². The number of nitrogens with one attached hydrogen (secondary N) is 1. The number of ether oxygens (including phenoxy) is 2. The second kappa shape index (κ2) is 5.28. The molecule has 0 saturated carbocycles. The van der Waals surface area contributed by atoms with Crippen LogP contribution in [-0.2, 0) is 11.3 Å². The third kappa shape index (κ3) is 2.61. The normalized spacial score (nSPS) is 14.2. The highest BCUT2D eigenvalue weighted by Crippen LogP contribution is 2.32. The maximum absolute atomic E-state index is 12.0. The summed E-state index contributed by atoms with van der Waals surface area (Å²) in [6.45, 7) is 3.69. The van der Waals surface area contributed by atoms with Crippen LogP contribution in [0.1, 0.15) is 19.4 Å². The fraction of sp³-hybridized carbons (Fsp3) is 0.385. The van der Waals surface area contributed by atoms with Gasteiger partial charge in [0.1, 0.15) is 5.41 Å². The molecule has 1 aromatic carbocycles. The summed E-state index contributed by atoms with van der Waals surface area (Å²) in [5.41, 5.74) is 5.29. The second-order valence-electron chi connectivity index (χ2n) is 4.98. The first-order valence-corrected chi connectivity index (χ1v) is 6.10. The van der Waals surface area contributed by atoms with Crippen molar-refractivity contribution in [2.75, 3.05) is 6.79 Å². The van der Waals surface area contributed by atoms with Gasteiger partial charge in [0.2, 0.25) is 12.7 Å². The molecule has 7 heteroatoms. The summed E-state index contributed by atoms with van der Waals surface area (Å²) in [5, 5.41) is 14.3. The maximum Gasteiger partial charge on any atom is 0.233 e. The van der Waals surface area contributed by atoms with Crippen LogP contribution in [0.2, 0.25) is 0 Å². The minimum atomic E-state index is -1.08. The van der Waals surface area contributed by atoms with Gasteiger partial charge in [-0.15, -0.1) is 0 Å². The third-order valence-corrected chi connectivity index (χ3v) is 3.21. The number of nitrogens with zero attached hydrogens (tertiary/aromatic N) is 1. The molecule has 2 rings (SSSR count). The lowest BCUT2D eigenvalue weighted by Crippen LogP contribution is -2.45. The van der Waals surface area contributed by atoms with Crippen molar-refractivity contribution in [2.45, 2.75) is 20.4 Å². The maximum atomic E-state index is 12.0. The Balaban J connectivity index is 2.00. The fourth-order valence-electron chi connectivity index (χ4n) is 1.70. The van der Waals surface area contributed by atoms with E-state index in [1.807, 2.05) is 6.07 Å². The molecule has 0 saturated heterocycles. The van der Waals surface area contributed by atoms with Crippen LogP contribution in [0.4, 0.5) is 0 Å². The summed E-state index contributed by atoms with van der Waals surface area (Å²) >= 11 is 0. The molecule has 0 atom stereocenters. The van der Waals surface area contributed by atoms with Crippen molar-refractivity contribution in [3.05, 3.63) is 23.8 Å². The van der Waals surface area contributed by atoms with E-state index in [-0.39, 0.29) is 18.5 Å². The molecule has 0 bridgehead atoms. The van der Waals surface area contributed by atoms with E-state index in [4.69, 9.17) is 20.4 Å². The first kappa shape index (κ1) is 14.0. The largest absolute Gasteiger partial charge is 0.454 e. The minimum Gasteiger partial charge on any atom is -0.454 e. The molecule has 0 aliphatic carbocycles. The Morgan fingerprint density at radius 3 is 2.85 bits per heavy atom. The molecular formula is C13H17N3O4. The number of rotatable bonds is 4. The second-order valence-corrected chi connectivity index (χ2v) is 4.98. The summed E-state index contributed by atoms with van der Waals surface area (Å²) < 4.78 is 10.5. The lowest BCUT2D eigenvalue weighted by atomic mass is 9.91. The number of hydrogen-bond acceptors (Lipinski definition) is 5. The van der Waals surface area contributed by atoms with E-state index in [1.165, 1.54) is 0 Å². The number of benzene rings is 1. The van der Waals surface area contributed by atoms with Crippen molar-refractivity contribution in [3.8, 4) is 11.5 Å². The number of amidine groups is 1. The highest BCUT2D eigenvalue weighted by molar-refractivity contribution is 6.05. The SMILES string of the molecule is CC(C)(C(=O)NCc1ccc2c(c1)OCO2)C(N)=NO. The number of carbonyl (C=O) groups is 1. The van der Waals surface area contributed by atoms with E-state index in [0.717, 1.165) is 5.56 Å². The Kier molecular flexibility index (Phi) is 3.69. The quantitative estimate of drug-likeness (QED) is 0.327. The third-order valence-electron chi connectivity index (χ3n) is 3.21. The van der Waals surface area contributed by atoms with Gasteiger partial charge in [0.05, 0.1) is 0 Å². The van der Waals surface area contributed by atoms with Gasteiger partial charge in [-0.1, -0.05) is 11.2 Å². The highest BCUT2D eigenvalue weighted by atomic mass is 16.7. The highest BCUT2D eigenvalue weighted by Gasteiger charge is 2.32. The zero-order valence-electron chi connectivity index (χ0n) is 11.3. The van der Waals surface area contributed by atoms with E-state index in [1.54, 1.807) is 26.0 Å². The van der Waals surface area contributed by atoms with E-state index < -0.39 is 5.41 Å². The summed E-state index contributed by atoms with van der Waals surface area (Å²) in [5.74, 6) is 0.885. The number of nitrogens with two attached hydrogens (primary N) is 1. The van der Waals surface area contributed by atoms with E-state index in [9.17, 15) is 4.79 Å². The van der Waals surface area contributed by atoms with Crippen LogP contribution < -0.4 is 20.5 Å². The van der Waals surface area contributed by atoms with Gasteiger partial charge >= 0.3 is 0 Å². The molecule has 7 nitrogen and oxygen atoms in total. The number of carbonyl (C=O) groups excluding carboxylic acids is 1. The predicted octanol–water partition coefficient (Wildman–Crippen LogP) is 0.804. The van der Waals surface area contributed by atoms with Gasteiger partial charge in [0.25, 0.3) is 0 Å². The molecule has 4 N–H and O–H groups in total. The Labute approximate surface area is 116 Å². The smallest absolute Gasteiger partial charge is 0.233 e. The Bertz CT molecular complexity index is 555. The monoisotopic (exact) mass is 279 g/mol. The van der Waals surface area contributed by atoms with Gasteiger partial charge in [-0.2, -0.15) is 0 Å². The predicted molar refractivity (Wildman–Crippen MR) is 71.6 cm³/mol. The van der Waals surface area contributed by atoms with Crippen molar-refractivity contribution >= 4 is 11.7 Å². The van der Waals surface area contributed by atoms with Crippen molar-refractivity contribution in [1.82, 2.24) is 5.32 Å². The number of fused-ring (bicyclic) bond motifs is 1. The number of amides is 1. The molecule has 1 aliphatic rings. The van der Waals surface area contributed by atoms with Crippen molar-refractivity contribution < 1.29 is 19.5 Å². The standard InChI is InChI=1S/C13H17N3O4/c1-13(2,11(14)16-18)12(17)15-6-8-3-4-9-10(5-8)20-7-19-9/h3-5,18H,6-7H2,1-2H3,(H2,14,16)(H,15,17). The van der Waals surface area contributed by atoms with E-state index in [2.05, 4.69) is 10.5 Å². The van der Waals surface area contributed by atoms with Crippen LogP contribution in [0.3, 0.4) is 0 Å². The summed E-state index contributed by atoms with van der Waals surface area (Å²) in [4.78, 5) is 12.0. The zero-order valence-corrected chi connectivity index (χ0v) is 11.3. The molecule has 0 spiro atoms. The fourth-order valence-corrected chi connectivity index (χ4v) is 1.70. The molecule has 0 aromatic heterocycles. The molecule has 0 unspecified atom stereocenters. The van der Waals surface area contributed by atoms with Crippen molar-refractivity contribution in [1.29, 1.82) is 0 Å². The number of oxime groups is 1. The molecule has 108 valence electrons. The average Bonchev–Trinajstić information content (AvgIpc) is 2.90. The Morgan fingerprint density at radius 2 is 2.15 bits per heavy atom. The molecular weight excluding hydrogens is 262 g/mol. The average molecular weight is 279 g/mol. The lowest BCUT2D eigenvalue weighted by Gasteiger charge is -2.21. The molecule has 1 aromatic rings. The van der Waals surface area contributed by atoms with Gasteiger partial charge in [-0.25, -0.2) is 0 Å². The van der Waals surface area contributed by atoms with Gasteiger partial charge < -0.3 is 25.7 Å². The zero-order chi connectivity index (χ0) is 14.8. The molecule has 0 radical (unpaired) electrons. The van der Waals surface area contributed by atoms with Crippen LogP contribution >= 0.6 is 0 Å². The topological polar surface area (TPSA) is 106 Å². The van der Waals surface area contributed by atoms with Gasteiger partial charge in [-0.05, 0) is 31.5 Å². The Morgan fingerprint density at radius 1 is 1.45 bits per heavy atom. The van der Waals surface area contributed by atoms with Crippen LogP contribution in [0.5, 0.6) is 11.5 Å². The van der Waals surface area contributed by atoms with Gasteiger partial charge in [0.15, 0.2) is 17.3 Å². The van der Waals surface area contributed by atoms with Crippen molar-refractivity contribution in [2.24, 2.45) is 16.3 Å². The molecule has 1 heterocycles. The summed E-state index contributed by atoms with van der Waals surface area (Å²) in [6.07, 6.45) is 0. The van der Waals surface area contributed by atoms with E-state index >= 15 is 0 Å². The number of hydrogen-bond donors (Lipinski definition) is 3. The van der Waals surface area contributed by atoms with Crippen LogP contribution in [0.15, 0.2) is 23.4 Å². The van der Waals surface area contributed by atoms with E-state index in [0.29, 0.717) is 18.0 Å². The van der Waals surface area contributed by atoms with Crippen LogP contribution in [-0.4, -0.2) is 23.7 Å². The first-order chi connectivity index (χ1) is 9.45. The Hall–Kier alpha value is -2.44.